The molecule has 0 aliphatic rings. The fourth-order valence-electron chi connectivity index (χ4n) is 1.95. The number of aromatic nitrogens is 3. The van der Waals surface area contributed by atoms with Crippen LogP contribution in [0.15, 0.2) is 59.6 Å². The van der Waals surface area contributed by atoms with E-state index in [-0.39, 0.29) is 5.75 Å². The zero-order chi connectivity index (χ0) is 16.2. The fraction of sp³-hybridized carbons (Fsp3) is 0.0625. The fourth-order valence-corrected chi connectivity index (χ4v) is 3.31. The molecule has 3 aromatic rings. The monoisotopic (exact) mass is 363 g/mol. The summed E-state index contributed by atoms with van der Waals surface area (Å²) in [6.07, 6.45) is 1.66. The molecule has 1 atom stereocenters. The zero-order valence-electron chi connectivity index (χ0n) is 11.8. The highest BCUT2D eigenvalue weighted by atomic mass is 35.5. The minimum atomic E-state index is -1.24. The quantitative estimate of drug-likeness (QED) is 0.653. The molecule has 0 aliphatic carbocycles. The molecule has 0 unspecified atom stereocenters. The Labute approximate surface area is 146 Å². The molecule has 0 radical (unpaired) electrons. The number of hydrogen-bond acceptors (Lipinski definition) is 4. The molecular formula is C16H11Cl2N3OS. The van der Waals surface area contributed by atoms with Gasteiger partial charge < -0.3 is 0 Å². The van der Waals surface area contributed by atoms with Gasteiger partial charge in [-0.15, -0.1) is 0 Å². The summed E-state index contributed by atoms with van der Waals surface area (Å²) in [6.45, 7) is 0. The second kappa shape index (κ2) is 7.17. The maximum Gasteiger partial charge on any atom is 0.179 e. The predicted octanol–water partition coefficient (Wildman–Crippen LogP) is 4.15. The zero-order valence-corrected chi connectivity index (χ0v) is 14.1. The summed E-state index contributed by atoms with van der Waals surface area (Å²) in [5, 5.41) is 0.900. The summed E-state index contributed by atoms with van der Waals surface area (Å²) in [4.78, 5) is 13.5. The summed E-state index contributed by atoms with van der Waals surface area (Å²) in [5.41, 5.74) is 1.22. The summed E-state index contributed by atoms with van der Waals surface area (Å²) in [7, 11) is -1.24. The SMILES string of the molecule is O=[S@@](Cc1cc(Cl)nc(-c2ccccn2)n1)c1ccc(Cl)cc1. The van der Waals surface area contributed by atoms with Gasteiger partial charge in [0.1, 0.15) is 10.8 Å². The van der Waals surface area contributed by atoms with Gasteiger partial charge in [0.25, 0.3) is 0 Å². The second-order valence-corrected chi connectivity index (χ2v) is 6.94. The van der Waals surface area contributed by atoms with Crippen LogP contribution in [0.4, 0.5) is 0 Å². The number of hydrogen-bond donors (Lipinski definition) is 0. The van der Waals surface area contributed by atoms with Crippen LogP contribution in [0.3, 0.4) is 0 Å². The van der Waals surface area contributed by atoms with Crippen LogP contribution in [0.5, 0.6) is 0 Å². The Hall–Kier alpha value is -1.82. The molecule has 7 heteroatoms. The molecule has 0 fully saturated rings. The molecule has 2 heterocycles. The first-order chi connectivity index (χ1) is 11.1. The van der Waals surface area contributed by atoms with Gasteiger partial charge >= 0.3 is 0 Å². The van der Waals surface area contributed by atoms with Gasteiger partial charge in [0.15, 0.2) is 5.82 Å². The van der Waals surface area contributed by atoms with Gasteiger partial charge in [-0.05, 0) is 42.5 Å². The highest BCUT2D eigenvalue weighted by Gasteiger charge is 2.11. The number of pyridine rings is 1. The van der Waals surface area contributed by atoms with E-state index < -0.39 is 10.8 Å². The van der Waals surface area contributed by atoms with Gasteiger partial charge in [-0.3, -0.25) is 9.19 Å². The lowest BCUT2D eigenvalue weighted by atomic mass is 10.3. The van der Waals surface area contributed by atoms with Gasteiger partial charge in [-0.2, -0.15) is 0 Å². The highest BCUT2D eigenvalue weighted by molar-refractivity contribution is 7.84. The lowest BCUT2D eigenvalue weighted by molar-refractivity contribution is 0.682. The van der Waals surface area contributed by atoms with Gasteiger partial charge in [0.05, 0.1) is 22.2 Å². The van der Waals surface area contributed by atoms with Crippen molar-refractivity contribution in [2.75, 3.05) is 0 Å². The molecule has 1 aromatic carbocycles. The Bertz CT molecular complexity index is 842. The molecule has 23 heavy (non-hydrogen) atoms. The highest BCUT2D eigenvalue weighted by Crippen LogP contribution is 2.19. The standard InChI is InChI=1S/C16H11Cl2N3OS/c17-11-4-6-13(7-5-11)23(22)10-12-9-15(18)21-16(20-12)14-3-1-2-8-19-14/h1-9H,10H2/t23-/m0/s1. The Morgan fingerprint density at radius 2 is 1.78 bits per heavy atom. The van der Waals surface area contributed by atoms with Crippen molar-refractivity contribution in [2.45, 2.75) is 10.6 Å². The maximum absolute atomic E-state index is 12.4. The maximum atomic E-state index is 12.4. The van der Waals surface area contributed by atoms with Crippen LogP contribution in [0.25, 0.3) is 11.5 Å². The Morgan fingerprint density at radius 1 is 1.00 bits per heavy atom. The lowest BCUT2D eigenvalue weighted by Crippen LogP contribution is -2.02. The molecular weight excluding hydrogens is 353 g/mol. The van der Waals surface area contributed by atoms with Crippen LogP contribution in [-0.4, -0.2) is 19.2 Å². The molecule has 4 nitrogen and oxygen atoms in total. The molecule has 2 aromatic heterocycles. The minimum absolute atomic E-state index is 0.240. The first-order valence-corrected chi connectivity index (χ1v) is 8.78. The normalized spacial score (nSPS) is 12.1. The van der Waals surface area contributed by atoms with Gasteiger partial charge in [-0.1, -0.05) is 29.3 Å². The first kappa shape index (κ1) is 16.1. The summed E-state index contributed by atoms with van der Waals surface area (Å²) >= 11 is 11.9. The molecule has 0 aliphatic heterocycles. The topological polar surface area (TPSA) is 55.7 Å². The van der Waals surface area contributed by atoms with Crippen LogP contribution in [0, 0.1) is 0 Å². The van der Waals surface area contributed by atoms with Crippen molar-refractivity contribution in [3.8, 4) is 11.5 Å². The van der Waals surface area contributed by atoms with Crippen LogP contribution in [-0.2, 0) is 16.6 Å². The van der Waals surface area contributed by atoms with Crippen molar-refractivity contribution >= 4 is 34.0 Å². The lowest BCUT2D eigenvalue weighted by Gasteiger charge is -2.05. The Kier molecular flexibility index (Phi) is 5.00. The summed E-state index contributed by atoms with van der Waals surface area (Å²) in [6, 6.07) is 14.0. The number of nitrogens with zero attached hydrogens (tertiary/aromatic N) is 3. The molecule has 0 bridgehead atoms. The van der Waals surface area contributed by atoms with E-state index in [0.29, 0.717) is 32.3 Å². The van der Waals surface area contributed by atoms with E-state index in [2.05, 4.69) is 15.0 Å². The van der Waals surface area contributed by atoms with Gasteiger partial charge in [-0.25, -0.2) is 9.97 Å². The number of halogens is 2. The van der Waals surface area contributed by atoms with Crippen molar-refractivity contribution in [3.63, 3.8) is 0 Å². The van der Waals surface area contributed by atoms with Gasteiger partial charge in [0.2, 0.25) is 0 Å². The Balaban J connectivity index is 1.87. The molecule has 116 valence electrons. The molecule has 0 N–H and O–H groups in total. The third kappa shape index (κ3) is 4.13. The largest absolute Gasteiger partial charge is 0.254 e. The molecule has 3 rings (SSSR count). The van der Waals surface area contributed by atoms with E-state index in [0.717, 1.165) is 0 Å². The van der Waals surface area contributed by atoms with E-state index >= 15 is 0 Å². The van der Waals surface area contributed by atoms with Crippen molar-refractivity contribution in [1.82, 2.24) is 15.0 Å². The summed E-state index contributed by atoms with van der Waals surface area (Å²) in [5.74, 6) is 0.658. The van der Waals surface area contributed by atoms with E-state index in [1.807, 2.05) is 12.1 Å². The second-order valence-electron chi connectivity index (χ2n) is 4.66. The predicted molar refractivity (Wildman–Crippen MR) is 91.8 cm³/mol. The third-order valence-corrected chi connectivity index (χ3v) is 4.80. The van der Waals surface area contributed by atoms with Crippen molar-refractivity contribution in [2.24, 2.45) is 0 Å². The van der Waals surface area contributed by atoms with E-state index in [4.69, 9.17) is 23.2 Å². The minimum Gasteiger partial charge on any atom is -0.254 e. The Morgan fingerprint density at radius 3 is 2.48 bits per heavy atom. The third-order valence-electron chi connectivity index (χ3n) is 3.00. The van der Waals surface area contributed by atoms with Crippen molar-refractivity contribution in [3.05, 3.63) is 70.6 Å². The summed E-state index contributed by atoms with van der Waals surface area (Å²) < 4.78 is 12.4. The van der Waals surface area contributed by atoms with Gasteiger partial charge in [0, 0.05) is 16.1 Å². The molecule has 0 saturated carbocycles. The van der Waals surface area contributed by atoms with Crippen molar-refractivity contribution in [1.29, 1.82) is 0 Å². The first-order valence-electron chi connectivity index (χ1n) is 6.70. The van der Waals surface area contributed by atoms with E-state index in [1.54, 1.807) is 42.6 Å². The number of benzene rings is 1. The molecule has 0 amide bonds. The average molecular weight is 364 g/mol. The van der Waals surface area contributed by atoms with Crippen molar-refractivity contribution < 1.29 is 4.21 Å². The van der Waals surface area contributed by atoms with E-state index in [1.165, 1.54) is 0 Å². The van der Waals surface area contributed by atoms with E-state index in [9.17, 15) is 4.21 Å². The number of rotatable bonds is 4. The van der Waals surface area contributed by atoms with Crippen LogP contribution >= 0.6 is 23.2 Å². The van der Waals surface area contributed by atoms with Crippen LogP contribution in [0.2, 0.25) is 10.2 Å². The van der Waals surface area contributed by atoms with Crippen LogP contribution < -0.4 is 0 Å². The average Bonchev–Trinajstić information content (AvgIpc) is 2.55. The molecule has 0 saturated heterocycles. The molecule has 0 spiro atoms. The van der Waals surface area contributed by atoms with Crippen LogP contribution in [0.1, 0.15) is 5.69 Å². The smallest absolute Gasteiger partial charge is 0.179 e.